The predicted octanol–water partition coefficient (Wildman–Crippen LogP) is 2.11. The van der Waals surface area contributed by atoms with E-state index in [0.29, 0.717) is 11.5 Å². The van der Waals surface area contributed by atoms with Gasteiger partial charge in [-0.2, -0.15) is 0 Å². The molecule has 0 aliphatic carbocycles. The molecule has 2 rings (SSSR count). The summed E-state index contributed by atoms with van der Waals surface area (Å²) in [6, 6.07) is 6.87. The van der Waals surface area contributed by atoms with Crippen LogP contribution in [0.1, 0.15) is 10.5 Å². The maximum atomic E-state index is 10.8. The number of rotatable bonds is 4. The van der Waals surface area contributed by atoms with E-state index in [1.165, 1.54) is 6.07 Å². The number of carbonyl (C=O) groups is 1. The van der Waals surface area contributed by atoms with Crippen LogP contribution in [0, 0.1) is 0 Å². The second-order valence-corrected chi connectivity index (χ2v) is 4.16. The van der Waals surface area contributed by atoms with Gasteiger partial charge >= 0.3 is 5.97 Å². The maximum absolute atomic E-state index is 10.8. The first-order valence-electron chi connectivity index (χ1n) is 5.58. The summed E-state index contributed by atoms with van der Waals surface area (Å²) in [4.78, 5) is 12.7. The van der Waals surface area contributed by atoms with Crippen LogP contribution in [0.2, 0.25) is 0 Å². The van der Waals surface area contributed by atoms with Crippen molar-refractivity contribution < 1.29 is 19.2 Å². The molecule has 1 N–H and O–H groups in total. The topological polar surface area (TPSA) is 75.8 Å². The Kier molecular flexibility index (Phi) is 3.41. The molecule has 0 aliphatic heterocycles. The van der Waals surface area contributed by atoms with Gasteiger partial charge in [-0.25, -0.2) is 4.79 Å². The fraction of sp³-hybridized carbons (Fsp3) is 0.231. The molecule has 6 nitrogen and oxygen atoms in total. The number of carboxylic acids is 1. The molecule has 1 aromatic carbocycles. The van der Waals surface area contributed by atoms with E-state index in [2.05, 4.69) is 5.16 Å². The normalized spacial score (nSPS) is 10.3. The van der Waals surface area contributed by atoms with Crippen molar-refractivity contribution >= 4 is 11.7 Å². The van der Waals surface area contributed by atoms with E-state index in [0.717, 1.165) is 11.3 Å². The summed E-state index contributed by atoms with van der Waals surface area (Å²) >= 11 is 0. The van der Waals surface area contributed by atoms with Gasteiger partial charge in [-0.15, -0.1) is 0 Å². The number of anilines is 1. The van der Waals surface area contributed by atoms with Crippen molar-refractivity contribution in [1.29, 1.82) is 0 Å². The van der Waals surface area contributed by atoms with Gasteiger partial charge in [0.25, 0.3) is 0 Å². The van der Waals surface area contributed by atoms with Crippen LogP contribution >= 0.6 is 0 Å². The summed E-state index contributed by atoms with van der Waals surface area (Å²) in [6.45, 7) is 0. The third kappa shape index (κ3) is 2.52. The van der Waals surface area contributed by atoms with Crippen molar-refractivity contribution in [2.24, 2.45) is 0 Å². The maximum Gasteiger partial charge on any atom is 0.358 e. The number of benzene rings is 1. The molecule has 19 heavy (non-hydrogen) atoms. The predicted molar refractivity (Wildman–Crippen MR) is 69.8 cm³/mol. The number of nitrogens with zero attached hydrogens (tertiary/aromatic N) is 2. The van der Waals surface area contributed by atoms with E-state index in [9.17, 15) is 4.79 Å². The zero-order valence-electron chi connectivity index (χ0n) is 10.9. The first-order chi connectivity index (χ1) is 9.02. The average molecular weight is 262 g/mol. The highest BCUT2D eigenvalue weighted by Crippen LogP contribution is 2.33. The number of hydrogen-bond acceptors (Lipinski definition) is 5. The summed E-state index contributed by atoms with van der Waals surface area (Å²) < 4.78 is 10.3. The van der Waals surface area contributed by atoms with E-state index < -0.39 is 5.97 Å². The van der Waals surface area contributed by atoms with Gasteiger partial charge in [0.1, 0.15) is 5.75 Å². The Morgan fingerprint density at radius 2 is 2.11 bits per heavy atom. The van der Waals surface area contributed by atoms with Crippen LogP contribution in [-0.2, 0) is 0 Å². The minimum Gasteiger partial charge on any atom is -0.497 e. The SMILES string of the molecule is COc1ccc(N(C)C)c(-c2cc(C(=O)O)no2)c1. The molecule has 0 unspecified atom stereocenters. The van der Waals surface area contributed by atoms with Crippen LogP contribution in [0.3, 0.4) is 0 Å². The molecule has 100 valence electrons. The first kappa shape index (κ1) is 12.9. The van der Waals surface area contributed by atoms with Crippen LogP contribution in [-0.4, -0.2) is 37.4 Å². The van der Waals surface area contributed by atoms with Crippen LogP contribution < -0.4 is 9.64 Å². The van der Waals surface area contributed by atoms with Crippen molar-refractivity contribution in [3.05, 3.63) is 30.0 Å². The van der Waals surface area contributed by atoms with E-state index in [-0.39, 0.29) is 5.69 Å². The molecule has 0 spiro atoms. The number of methoxy groups -OCH3 is 1. The summed E-state index contributed by atoms with van der Waals surface area (Å²) in [5.74, 6) is -0.0711. The Labute approximate surface area is 110 Å². The number of carboxylic acid groups (broad SMARTS) is 1. The number of aromatic nitrogens is 1. The van der Waals surface area contributed by atoms with E-state index in [1.807, 2.05) is 31.1 Å². The Morgan fingerprint density at radius 3 is 2.63 bits per heavy atom. The van der Waals surface area contributed by atoms with Crippen molar-refractivity contribution in [2.75, 3.05) is 26.1 Å². The molecule has 0 amide bonds. The molecule has 0 saturated heterocycles. The van der Waals surface area contributed by atoms with E-state index >= 15 is 0 Å². The standard InChI is InChI=1S/C13H14N2O4/c1-15(2)11-5-4-8(18-3)6-9(11)12-7-10(13(16)17)14-19-12/h4-7H,1-3H3,(H,16,17). The molecule has 0 radical (unpaired) electrons. The van der Waals surface area contributed by atoms with E-state index in [4.69, 9.17) is 14.4 Å². The number of hydrogen-bond donors (Lipinski definition) is 1. The van der Waals surface area contributed by atoms with Crippen LogP contribution in [0.25, 0.3) is 11.3 Å². The zero-order chi connectivity index (χ0) is 14.0. The highest BCUT2D eigenvalue weighted by atomic mass is 16.5. The van der Waals surface area contributed by atoms with E-state index in [1.54, 1.807) is 13.2 Å². The summed E-state index contributed by atoms with van der Waals surface area (Å²) in [6.07, 6.45) is 0. The van der Waals surface area contributed by atoms with Crippen molar-refractivity contribution in [3.63, 3.8) is 0 Å². The molecule has 0 aliphatic rings. The lowest BCUT2D eigenvalue weighted by Gasteiger charge is -2.16. The lowest BCUT2D eigenvalue weighted by atomic mass is 10.1. The van der Waals surface area contributed by atoms with Gasteiger partial charge in [0, 0.05) is 31.4 Å². The van der Waals surface area contributed by atoms with Gasteiger partial charge in [0.05, 0.1) is 7.11 Å². The molecule has 1 aromatic heterocycles. The minimum absolute atomic E-state index is 0.123. The van der Waals surface area contributed by atoms with Crippen molar-refractivity contribution in [1.82, 2.24) is 5.16 Å². The molecule has 1 heterocycles. The van der Waals surface area contributed by atoms with Crippen LogP contribution in [0.5, 0.6) is 5.75 Å². The molecule has 0 atom stereocenters. The fourth-order valence-electron chi connectivity index (χ4n) is 1.73. The average Bonchev–Trinajstić information content (AvgIpc) is 2.87. The Balaban J connectivity index is 2.54. The smallest absolute Gasteiger partial charge is 0.358 e. The number of aromatic carboxylic acids is 1. The lowest BCUT2D eigenvalue weighted by molar-refractivity contribution is 0.0686. The minimum atomic E-state index is -1.12. The third-order valence-corrected chi connectivity index (χ3v) is 2.68. The van der Waals surface area contributed by atoms with Gasteiger partial charge in [0.2, 0.25) is 0 Å². The Bertz CT molecular complexity index is 604. The molecule has 6 heteroatoms. The summed E-state index contributed by atoms with van der Waals surface area (Å²) in [5, 5.41) is 12.4. The molecule has 2 aromatic rings. The van der Waals surface area contributed by atoms with Gasteiger partial charge in [0.15, 0.2) is 11.5 Å². The lowest BCUT2D eigenvalue weighted by Crippen LogP contribution is -2.09. The quantitative estimate of drug-likeness (QED) is 0.909. The molecule has 0 saturated carbocycles. The van der Waals surface area contributed by atoms with Gasteiger partial charge < -0.3 is 19.3 Å². The highest BCUT2D eigenvalue weighted by molar-refractivity contribution is 5.87. The summed E-state index contributed by atoms with van der Waals surface area (Å²) in [7, 11) is 5.34. The van der Waals surface area contributed by atoms with Gasteiger partial charge in [-0.3, -0.25) is 0 Å². The number of ether oxygens (including phenoxy) is 1. The molecular weight excluding hydrogens is 248 g/mol. The Hall–Kier alpha value is -2.50. The van der Waals surface area contributed by atoms with Crippen molar-refractivity contribution in [2.45, 2.75) is 0 Å². The summed E-state index contributed by atoms with van der Waals surface area (Å²) in [5.41, 5.74) is 1.49. The highest BCUT2D eigenvalue weighted by Gasteiger charge is 2.16. The fourth-order valence-corrected chi connectivity index (χ4v) is 1.73. The monoisotopic (exact) mass is 262 g/mol. The van der Waals surface area contributed by atoms with Gasteiger partial charge in [-0.05, 0) is 18.2 Å². The van der Waals surface area contributed by atoms with Gasteiger partial charge in [-0.1, -0.05) is 5.16 Å². The van der Waals surface area contributed by atoms with Crippen molar-refractivity contribution in [3.8, 4) is 17.1 Å². The first-order valence-corrected chi connectivity index (χ1v) is 5.58. The second kappa shape index (κ2) is 5.01. The molecule has 0 fully saturated rings. The second-order valence-electron chi connectivity index (χ2n) is 4.16. The van der Waals surface area contributed by atoms with Crippen LogP contribution in [0.4, 0.5) is 5.69 Å². The molecule has 0 bridgehead atoms. The van der Waals surface area contributed by atoms with Crippen LogP contribution in [0.15, 0.2) is 28.8 Å². The molecular formula is C13H14N2O4. The largest absolute Gasteiger partial charge is 0.497 e. The zero-order valence-corrected chi connectivity index (χ0v) is 10.9. The third-order valence-electron chi connectivity index (χ3n) is 2.68. The Morgan fingerprint density at radius 1 is 1.37 bits per heavy atom.